The molecule has 1 atom stereocenters. The number of aromatic nitrogens is 2. The summed E-state index contributed by atoms with van der Waals surface area (Å²) in [5, 5.41) is 17.9. The van der Waals surface area contributed by atoms with Gasteiger partial charge in [0.1, 0.15) is 0 Å². The van der Waals surface area contributed by atoms with E-state index in [1.165, 1.54) is 0 Å². The van der Waals surface area contributed by atoms with Crippen LogP contribution in [0.1, 0.15) is 55.7 Å². The summed E-state index contributed by atoms with van der Waals surface area (Å²) in [7, 11) is 1.75. The number of hydrogen-bond donors (Lipinski definition) is 2. The maximum absolute atomic E-state index is 12.2. The van der Waals surface area contributed by atoms with Crippen molar-refractivity contribution in [3.8, 4) is 0 Å². The number of nitrogens with one attached hydrogen (secondary N) is 1. The standard InChI is InChI=1S/C15H24ClN3O2/c1-10-11(16)12(18-19(10)4)13(20)17-9-15(21)7-5-6-14(2,3)8-15/h21H,5-9H2,1-4H3,(H,17,20)/t15-/m0/s1. The van der Waals surface area contributed by atoms with Crippen molar-refractivity contribution in [1.29, 1.82) is 0 Å². The second kappa shape index (κ2) is 5.61. The lowest BCUT2D eigenvalue weighted by molar-refractivity contribution is -0.0362. The Morgan fingerprint density at radius 1 is 1.48 bits per heavy atom. The average Bonchev–Trinajstić information content (AvgIpc) is 2.62. The molecule has 1 saturated carbocycles. The van der Waals surface area contributed by atoms with E-state index in [0.717, 1.165) is 18.5 Å². The molecular formula is C15H24ClN3O2. The highest BCUT2D eigenvalue weighted by molar-refractivity contribution is 6.34. The zero-order valence-corrected chi connectivity index (χ0v) is 13.9. The Labute approximate surface area is 130 Å². The summed E-state index contributed by atoms with van der Waals surface area (Å²) in [5.74, 6) is -0.333. The van der Waals surface area contributed by atoms with E-state index < -0.39 is 5.60 Å². The topological polar surface area (TPSA) is 67.2 Å². The van der Waals surface area contributed by atoms with Gasteiger partial charge in [-0.25, -0.2) is 0 Å². The molecule has 0 aromatic carbocycles. The van der Waals surface area contributed by atoms with E-state index in [1.54, 1.807) is 11.7 Å². The molecule has 0 unspecified atom stereocenters. The maximum atomic E-state index is 12.2. The Bertz CT molecular complexity index is 553. The fourth-order valence-electron chi connectivity index (χ4n) is 3.17. The molecule has 21 heavy (non-hydrogen) atoms. The summed E-state index contributed by atoms with van der Waals surface area (Å²) in [6, 6.07) is 0. The van der Waals surface area contributed by atoms with Crippen LogP contribution in [0.3, 0.4) is 0 Å². The highest BCUT2D eigenvalue weighted by Gasteiger charge is 2.38. The van der Waals surface area contributed by atoms with Gasteiger partial charge in [0.2, 0.25) is 0 Å². The van der Waals surface area contributed by atoms with Crippen LogP contribution in [0, 0.1) is 12.3 Å². The van der Waals surface area contributed by atoms with Crippen LogP contribution in [-0.2, 0) is 7.05 Å². The molecule has 2 N–H and O–H groups in total. The van der Waals surface area contributed by atoms with Gasteiger partial charge in [-0.1, -0.05) is 25.4 Å². The van der Waals surface area contributed by atoms with Gasteiger partial charge >= 0.3 is 0 Å². The first-order valence-electron chi connectivity index (χ1n) is 7.33. The van der Waals surface area contributed by atoms with Crippen molar-refractivity contribution < 1.29 is 9.90 Å². The van der Waals surface area contributed by atoms with Crippen molar-refractivity contribution in [2.45, 2.75) is 52.1 Å². The summed E-state index contributed by atoms with van der Waals surface area (Å²) < 4.78 is 1.58. The summed E-state index contributed by atoms with van der Waals surface area (Å²) in [5.41, 5.74) is 0.236. The number of carbonyl (C=O) groups excluding carboxylic acids is 1. The molecule has 118 valence electrons. The third-order valence-corrected chi connectivity index (χ3v) is 4.81. The van der Waals surface area contributed by atoms with Crippen LogP contribution >= 0.6 is 11.6 Å². The van der Waals surface area contributed by atoms with Gasteiger partial charge in [0.15, 0.2) is 5.69 Å². The van der Waals surface area contributed by atoms with Crippen LogP contribution in [0.4, 0.5) is 0 Å². The zero-order chi connectivity index (χ0) is 15.8. The minimum atomic E-state index is -0.840. The van der Waals surface area contributed by atoms with Crippen LogP contribution in [0.5, 0.6) is 0 Å². The molecule has 1 aromatic heterocycles. The minimum absolute atomic E-state index is 0.108. The van der Waals surface area contributed by atoms with Crippen LogP contribution in [0.2, 0.25) is 5.02 Å². The SMILES string of the molecule is Cc1c(Cl)c(C(=O)NC[C@]2(O)CCCC(C)(C)C2)nn1C. The molecule has 6 heteroatoms. The molecule has 1 amide bonds. The van der Waals surface area contributed by atoms with Gasteiger partial charge in [0, 0.05) is 13.6 Å². The first kappa shape index (κ1) is 16.3. The summed E-state index contributed by atoms with van der Waals surface area (Å²) in [4.78, 5) is 12.2. The fourth-order valence-corrected chi connectivity index (χ4v) is 3.42. The van der Waals surface area contributed by atoms with Gasteiger partial charge < -0.3 is 10.4 Å². The minimum Gasteiger partial charge on any atom is -0.388 e. The normalized spacial score (nSPS) is 24.9. The smallest absolute Gasteiger partial charge is 0.273 e. The molecule has 0 aliphatic heterocycles. The van der Waals surface area contributed by atoms with Crippen LogP contribution < -0.4 is 5.32 Å². The van der Waals surface area contributed by atoms with Gasteiger partial charge in [0.05, 0.1) is 16.3 Å². The van der Waals surface area contributed by atoms with Crippen LogP contribution in [0.25, 0.3) is 0 Å². The van der Waals surface area contributed by atoms with E-state index in [0.29, 0.717) is 17.9 Å². The molecule has 0 saturated heterocycles. The van der Waals surface area contributed by atoms with E-state index in [-0.39, 0.29) is 23.6 Å². The van der Waals surface area contributed by atoms with Gasteiger partial charge in [-0.05, 0) is 38.0 Å². The molecular weight excluding hydrogens is 290 g/mol. The Morgan fingerprint density at radius 2 is 2.14 bits per heavy atom. The molecule has 0 bridgehead atoms. The third kappa shape index (κ3) is 3.58. The van der Waals surface area contributed by atoms with Gasteiger partial charge in [-0.2, -0.15) is 5.10 Å². The third-order valence-electron chi connectivity index (χ3n) is 4.36. The highest BCUT2D eigenvalue weighted by Crippen LogP contribution is 2.40. The lowest BCUT2D eigenvalue weighted by Gasteiger charge is -2.41. The summed E-state index contributed by atoms with van der Waals surface area (Å²) in [6.07, 6.45) is 3.48. The van der Waals surface area contributed by atoms with Crippen molar-refractivity contribution in [2.24, 2.45) is 12.5 Å². The Kier molecular flexibility index (Phi) is 4.36. The van der Waals surface area contributed by atoms with Gasteiger partial charge in [0.25, 0.3) is 5.91 Å². The van der Waals surface area contributed by atoms with E-state index in [9.17, 15) is 9.90 Å². The number of rotatable bonds is 3. The Morgan fingerprint density at radius 3 is 2.67 bits per heavy atom. The van der Waals surface area contributed by atoms with Crippen molar-refractivity contribution in [1.82, 2.24) is 15.1 Å². The lowest BCUT2D eigenvalue weighted by atomic mass is 9.70. The molecule has 2 rings (SSSR count). The quantitative estimate of drug-likeness (QED) is 0.900. The lowest BCUT2D eigenvalue weighted by Crippen LogP contribution is -2.48. The van der Waals surface area contributed by atoms with Crippen molar-refractivity contribution in [3.05, 3.63) is 16.4 Å². The van der Waals surface area contributed by atoms with Crippen molar-refractivity contribution in [2.75, 3.05) is 6.54 Å². The maximum Gasteiger partial charge on any atom is 0.273 e. The highest BCUT2D eigenvalue weighted by atomic mass is 35.5. The Balaban J connectivity index is 2.02. The van der Waals surface area contributed by atoms with E-state index in [4.69, 9.17) is 11.6 Å². The monoisotopic (exact) mass is 313 g/mol. The van der Waals surface area contributed by atoms with Crippen LogP contribution in [-0.4, -0.2) is 32.9 Å². The Hall–Kier alpha value is -1.07. The first-order valence-corrected chi connectivity index (χ1v) is 7.71. The summed E-state index contributed by atoms with van der Waals surface area (Å²) >= 11 is 6.10. The van der Waals surface area contributed by atoms with Crippen molar-refractivity contribution in [3.63, 3.8) is 0 Å². The van der Waals surface area contributed by atoms with E-state index in [2.05, 4.69) is 24.3 Å². The second-order valence-electron chi connectivity index (χ2n) is 6.97. The van der Waals surface area contributed by atoms with Gasteiger partial charge in [-0.3, -0.25) is 9.48 Å². The van der Waals surface area contributed by atoms with Crippen LogP contribution in [0.15, 0.2) is 0 Å². The molecule has 0 spiro atoms. The summed E-state index contributed by atoms with van der Waals surface area (Å²) in [6.45, 7) is 6.35. The number of carbonyl (C=O) groups is 1. The zero-order valence-electron chi connectivity index (χ0n) is 13.2. The average molecular weight is 314 g/mol. The van der Waals surface area contributed by atoms with E-state index >= 15 is 0 Å². The molecule has 5 nitrogen and oxygen atoms in total. The second-order valence-corrected chi connectivity index (χ2v) is 7.35. The molecule has 0 radical (unpaired) electrons. The van der Waals surface area contributed by atoms with E-state index in [1.807, 2.05) is 6.92 Å². The van der Waals surface area contributed by atoms with Gasteiger partial charge in [-0.15, -0.1) is 0 Å². The number of hydrogen-bond acceptors (Lipinski definition) is 3. The number of aryl methyl sites for hydroxylation is 1. The molecule has 1 aliphatic carbocycles. The molecule has 1 fully saturated rings. The predicted molar refractivity (Wildman–Crippen MR) is 82.5 cm³/mol. The fraction of sp³-hybridized carbons (Fsp3) is 0.733. The number of halogens is 1. The molecule has 1 heterocycles. The van der Waals surface area contributed by atoms with Crippen molar-refractivity contribution >= 4 is 17.5 Å². The largest absolute Gasteiger partial charge is 0.388 e. The molecule has 1 aliphatic rings. The molecule has 1 aromatic rings. The predicted octanol–water partition coefficient (Wildman–Crippen LogP) is 2.44. The number of amides is 1. The number of nitrogens with zero attached hydrogens (tertiary/aromatic N) is 2. The first-order chi connectivity index (χ1) is 9.64. The number of aliphatic hydroxyl groups is 1.